The van der Waals surface area contributed by atoms with Crippen LogP contribution >= 0.6 is 12.4 Å². The molecule has 0 aromatic heterocycles. The molecule has 1 aromatic rings. The van der Waals surface area contributed by atoms with Gasteiger partial charge in [0.2, 0.25) is 0 Å². The number of carbonyl (C=O) groups excluding carboxylic acids is 1. The summed E-state index contributed by atoms with van der Waals surface area (Å²) in [5.74, 6) is 1.13. The van der Waals surface area contributed by atoms with Crippen molar-refractivity contribution in [1.29, 1.82) is 0 Å². The van der Waals surface area contributed by atoms with Crippen molar-refractivity contribution in [2.75, 3.05) is 24.5 Å². The predicted octanol–water partition coefficient (Wildman–Crippen LogP) is 2.97. The molecule has 2 aliphatic rings. The van der Waals surface area contributed by atoms with Gasteiger partial charge in [0.05, 0.1) is 4.92 Å². The summed E-state index contributed by atoms with van der Waals surface area (Å²) in [5, 5.41) is 14.6. The van der Waals surface area contributed by atoms with Crippen molar-refractivity contribution in [2.24, 2.45) is 23.5 Å². The van der Waals surface area contributed by atoms with Gasteiger partial charge in [-0.25, -0.2) is 0 Å². The van der Waals surface area contributed by atoms with Crippen LogP contribution in [-0.4, -0.2) is 36.5 Å². The first-order chi connectivity index (χ1) is 12.4. The number of hydrogen-bond acceptors (Lipinski definition) is 5. The van der Waals surface area contributed by atoms with E-state index >= 15 is 0 Å². The molecule has 0 bridgehead atoms. The molecule has 27 heavy (non-hydrogen) atoms. The van der Waals surface area contributed by atoms with Gasteiger partial charge in [0.1, 0.15) is 5.69 Å². The fourth-order valence-corrected chi connectivity index (χ4v) is 4.06. The molecule has 2 fully saturated rings. The standard InChI is InChI=1S/C19H28N4O3.ClH/c1-12-7-13(2)11-22(10-12)17-6-5-15(8-18(17)23(25)26)19(24)21-16(9-20)14-3-4-14;/h5-6,8,12-14,16H,3-4,7,9-11,20H2,1-2H3,(H,21,24);1H. The Hall–Kier alpha value is -1.86. The third-order valence-electron chi connectivity index (χ3n) is 5.41. The molecule has 3 N–H and O–H groups in total. The summed E-state index contributed by atoms with van der Waals surface area (Å²) < 4.78 is 0. The number of anilines is 1. The fraction of sp³-hybridized carbons (Fsp3) is 0.632. The summed E-state index contributed by atoms with van der Waals surface area (Å²) in [7, 11) is 0. The Morgan fingerprint density at radius 3 is 2.48 bits per heavy atom. The van der Waals surface area contributed by atoms with Crippen LogP contribution in [0.2, 0.25) is 0 Å². The Morgan fingerprint density at radius 1 is 1.33 bits per heavy atom. The number of nitro groups is 1. The number of carbonyl (C=O) groups is 1. The second kappa shape index (κ2) is 8.89. The van der Waals surface area contributed by atoms with Crippen LogP contribution in [0.1, 0.15) is 43.5 Å². The van der Waals surface area contributed by atoms with E-state index in [1.54, 1.807) is 12.1 Å². The number of nitrogens with one attached hydrogen (secondary N) is 1. The number of nitrogens with zero attached hydrogens (tertiary/aromatic N) is 2. The second-order valence-corrected chi connectivity index (χ2v) is 7.96. The van der Waals surface area contributed by atoms with Crippen LogP contribution in [0.4, 0.5) is 11.4 Å². The smallest absolute Gasteiger partial charge is 0.293 e. The Balaban J connectivity index is 0.00000261. The normalized spacial score (nSPS) is 23.3. The Morgan fingerprint density at radius 2 is 1.96 bits per heavy atom. The molecular weight excluding hydrogens is 368 g/mol. The van der Waals surface area contributed by atoms with Crippen LogP contribution in [0, 0.1) is 27.9 Å². The Labute approximate surface area is 166 Å². The van der Waals surface area contributed by atoms with Crippen molar-refractivity contribution in [2.45, 2.75) is 39.2 Å². The number of nitro benzene ring substituents is 1. The molecule has 0 spiro atoms. The third kappa shape index (κ3) is 5.11. The van der Waals surface area contributed by atoms with Crippen LogP contribution in [0.25, 0.3) is 0 Å². The van der Waals surface area contributed by atoms with Gasteiger partial charge in [-0.3, -0.25) is 14.9 Å². The van der Waals surface area contributed by atoms with Crippen LogP contribution in [0.15, 0.2) is 18.2 Å². The molecule has 8 heteroatoms. The van der Waals surface area contributed by atoms with Crippen LogP contribution in [0.5, 0.6) is 0 Å². The highest BCUT2D eigenvalue weighted by molar-refractivity contribution is 5.96. The fourth-order valence-electron chi connectivity index (χ4n) is 4.06. The van der Waals surface area contributed by atoms with Crippen molar-refractivity contribution in [3.8, 4) is 0 Å². The monoisotopic (exact) mass is 396 g/mol. The molecule has 1 aliphatic heterocycles. The van der Waals surface area contributed by atoms with Gasteiger partial charge >= 0.3 is 0 Å². The Bertz CT molecular complexity index is 686. The molecule has 7 nitrogen and oxygen atoms in total. The first-order valence-corrected chi connectivity index (χ1v) is 9.43. The summed E-state index contributed by atoms with van der Waals surface area (Å²) in [5.41, 5.74) is 6.65. The average Bonchev–Trinajstić information content (AvgIpc) is 3.43. The van der Waals surface area contributed by atoms with E-state index in [2.05, 4.69) is 24.1 Å². The van der Waals surface area contributed by atoms with Gasteiger partial charge in [-0.05, 0) is 49.1 Å². The lowest BCUT2D eigenvalue weighted by Crippen LogP contribution is -2.42. The average molecular weight is 397 g/mol. The minimum Gasteiger partial charge on any atom is -0.365 e. The van der Waals surface area contributed by atoms with Gasteiger partial charge < -0.3 is 16.0 Å². The van der Waals surface area contributed by atoms with Crippen LogP contribution < -0.4 is 16.0 Å². The summed E-state index contributed by atoms with van der Waals surface area (Å²) in [4.78, 5) is 25.8. The van der Waals surface area contributed by atoms with Crippen molar-refractivity contribution in [3.05, 3.63) is 33.9 Å². The van der Waals surface area contributed by atoms with Gasteiger partial charge in [-0.2, -0.15) is 0 Å². The zero-order chi connectivity index (χ0) is 18.8. The van der Waals surface area contributed by atoms with Gasteiger partial charge in [0.25, 0.3) is 11.6 Å². The summed E-state index contributed by atoms with van der Waals surface area (Å²) in [6.07, 6.45) is 3.28. The maximum absolute atomic E-state index is 12.5. The number of amides is 1. The molecule has 150 valence electrons. The van der Waals surface area contributed by atoms with Gasteiger partial charge in [-0.15, -0.1) is 12.4 Å². The van der Waals surface area contributed by atoms with E-state index in [1.807, 2.05) is 0 Å². The number of piperidine rings is 1. The highest BCUT2D eigenvalue weighted by Crippen LogP contribution is 2.35. The maximum atomic E-state index is 12.5. The zero-order valence-electron chi connectivity index (χ0n) is 15.9. The number of benzene rings is 1. The molecule has 1 saturated heterocycles. The molecule has 0 radical (unpaired) electrons. The highest BCUT2D eigenvalue weighted by Gasteiger charge is 2.32. The van der Waals surface area contributed by atoms with Gasteiger partial charge in [-0.1, -0.05) is 13.8 Å². The lowest BCUT2D eigenvalue weighted by atomic mass is 9.91. The molecule has 1 amide bonds. The lowest BCUT2D eigenvalue weighted by Gasteiger charge is -2.36. The third-order valence-corrected chi connectivity index (χ3v) is 5.41. The molecule has 3 atom stereocenters. The van der Waals surface area contributed by atoms with Crippen LogP contribution in [0.3, 0.4) is 0 Å². The molecule has 1 aliphatic carbocycles. The molecule has 3 rings (SSSR count). The van der Waals surface area contributed by atoms with Gasteiger partial charge in [0, 0.05) is 37.3 Å². The number of nitrogens with two attached hydrogens (primary N) is 1. The van der Waals surface area contributed by atoms with Crippen molar-refractivity contribution in [3.63, 3.8) is 0 Å². The quantitative estimate of drug-likeness (QED) is 0.568. The molecule has 1 saturated carbocycles. The maximum Gasteiger partial charge on any atom is 0.293 e. The number of hydrogen-bond donors (Lipinski definition) is 2. The number of rotatable bonds is 6. The highest BCUT2D eigenvalue weighted by atomic mass is 35.5. The zero-order valence-corrected chi connectivity index (χ0v) is 16.7. The van der Waals surface area contributed by atoms with Crippen molar-refractivity contribution < 1.29 is 9.72 Å². The van der Waals surface area contributed by atoms with E-state index in [9.17, 15) is 14.9 Å². The predicted molar refractivity (Wildman–Crippen MR) is 109 cm³/mol. The van der Waals surface area contributed by atoms with Crippen molar-refractivity contribution >= 4 is 29.7 Å². The Kier molecular flexibility index (Phi) is 7.06. The van der Waals surface area contributed by atoms with E-state index in [0.717, 1.165) is 32.4 Å². The molecule has 3 unspecified atom stereocenters. The van der Waals surface area contributed by atoms with Crippen LogP contribution in [-0.2, 0) is 0 Å². The largest absolute Gasteiger partial charge is 0.365 e. The minimum absolute atomic E-state index is 0. The molecular formula is C19H29ClN4O3. The number of halogens is 1. The first kappa shape index (κ1) is 21.4. The first-order valence-electron chi connectivity index (χ1n) is 9.43. The minimum atomic E-state index is -0.392. The van der Waals surface area contributed by atoms with Crippen molar-refractivity contribution in [1.82, 2.24) is 5.32 Å². The molecule has 1 heterocycles. The van der Waals surface area contributed by atoms with E-state index in [0.29, 0.717) is 35.5 Å². The van der Waals surface area contributed by atoms with E-state index in [1.165, 1.54) is 6.07 Å². The van der Waals surface area contributed by atoms with E-state index in [4.69, 9.17) is 5.73 Å². The summed E-state index contributed by atoms with van der Waals surface area (Å²) >= 11 is 0. The lowest BCUT2D eigenvalue weighted by molar-refractivity contribution is -0.384. The second-order valence-electron chi connectivity index (χ2n) is 7.96. The van der Waals surface area contributed by atoms with E-state index < -0.39 is 4.92 Å². The summed E-state index contributed by atoms with van der Waals surface area (Å²) in [6.45, 7) is 6.32. The summed E-state index contributed by atoms with van der Waals surface area (Å²) in [6, 6.07) is 4.74. The topological polar surface area (TPSA) is 102 Å². The SMILES string of the molecule is CC1CC(C)CN(c2ccc(C(=O)NC(CN)C3CC3)cc2[N+](=O)[O-])C1.Cl. The van der Waals surface area contributed by atoms with E-state index in [-0.39, 0.29) is 30.0 Å². The molecule has 1 aromatic carbocycles. The van der Waals surface area contributed by atoms with Gasteiger partial charge in [0.15, 0.2) is 0 Å².